The summed E-state index contributed by atoms with van der Waals surface area (Å²) in [6, 6.07) is 5.87. The number of sulfonamides is 1. The molecule has 1 aromatic carbocycles. The van der Waals surface area contributed by atoms with Gasteiger partial charge in [-0.25, -0.2) is 21.8 Å². The molecule has 2 heterocycles. The third-order valence-corrected chi connectivity index (χ3v) is 8.01. The second-order valence-electron chi connectivity index (χ2n) is 5.19. The summed E-state index contributed by atoms with van der Waals surface area (Å²) in [5.41, 5.74) is 0. The molecule has 7 nitrogen and oxygen atoms in total. The zero-order valence-electron chi connectivity index (χ0n) is 11.9. The summed E-state index contributed by atoms with van der Waals surface area (Å²) < 4.78 is 51.2. The van der Waals surface area contributed by atoms with Gasteiger partial charge in [0.2, 0.25) is 0 Å². The van der Waals surface area contributed by atoms with Crippen LogP contribution < -0.4 is 0 Å². The summed E-state index contributed by atoms with van der Waals surface area (Å²) in [7, 11) is -7.36. The highest BCUT2D eigenvalue weighted by atomic mass is 35.5. The Labute approximate surface area is 139 Å². The molecule has 0 radical (unpaired) electrons. The standard InChI is InChI=1S/C13H14ClN3O4S2/c14-10-1-3-11(4-2-10)22(18,19)12-5-6-17(8-12)23(20,21)13-7-15-9-16-13/h1-4,7,9,12H,5-6,8H2,(H,15,16). The molecule has 0 spiro atoms. The molecule has 3 rings (SSSR count). The normalized spacial score (nSPS) is 20.0. The topological polar surface area (TPSA) is 100 Å². The maximum absolute atomic E-state index is 12.6. The number of H-pyrrole nitrogens is 1. The molecule has 1 aliphatic rings. The van der Waals surface area contributed by atoms with Gasteiger partial charge in [0.05, 0.1) is 22.7 Å². The number of nitrogens with zero attached hydrogens (tertiary/aromatic N) is 2. The van der Waals surface area contributed by atoms with Crippen LogP contribution in [0.15, 0.2) is 46.7 Å². The minimum Gasteiger partial charge on any atom is -0.335 e. The predicted octanol–water partition coefficient (Wildman–Crippen LogP) is 1.30. The maximum atomic E-state index is 12.6. The van der Waals surface area contributed by atoms with Crippen LogP contribution in [0.3, 0.4) is 0 Å². The van der Waals surface area contributed by atoms with Crippen LogP contribution >= 0.6 is 11.6 Å². The van der Waals surface area contributed by atoms with Crippen LogP contribution in [-0.2, 0) is 19.9 Å². The molecule has 1 aliphatic heterocycles. The first-order chi connectivity index (χ1) is 10.8. The summed E-state index contributed by atoms with van der Waals surface area (Å²) >= 11 is 5.77. The van der Waals surface area contributed by atoms with Gasteiger partial charge in [-0.3, -0.25) is 0 Å². The van der Waals surface area contributed by atoms with E-state index in [-0.39, 0.29) is 29.4 Å². The fourth-order valence-electron chi connectivity index (χ4n) is 2.51. The van der Waals surface area contributed by atoms with Gasteiger partial charge in [-0.05, 0) is 30.7 Å². The number of aromatic nitrogens is 2. The van der Waals surface area contributed by atoms with Crippen molar-refractivity contribution in [3.63, 3.8) is 0 Å². The molecule has 1 N–H and O–H groups in total. The molecule has 0 bridgehead atoms. The van der Waals surface area contributed by atoms with Crippen LogP contribution in [-0.4, -0.2) is 49.4 Å². The van der Waals surface area contributed by atoms with Gasteiger partial charge in [0.1, 0.15) is 0 Å². The Hall–Kier alpha value is -1.42. The van der Waals surface area contributed by atoms with Crippen molar-refractivity contribution in [3.8, 4) is 0 Å². The molecule has 124 valence electrons. The van der Waals surface area contributed by atoms with Crippen molar-refractivity contribution < 1.29 is 16.8 Å². The highest BCUT2D eigenvalue weighted by Crippen LogP contribution is 2.28. The number of nitrogens with one attached hydrogen (secondary N) is 1. The van der Waals surface area contributed by atoms with Gasteiger partial charge in [-0.15, -0.1) is 0 Å². The van der Waals surface area contributed by atoms with E-state index >= 15 is 0 Å². The number of hydrogen-bond donors (Lipinski definition) is 1. The van der Waals surface area contributed by atoms with Crippen molar-refractivity contribution in [1.29, 1.82) is 0 Å². The van der Waals surface area contributed by atoms with E-state index in [4.69, 9.17) is 11.6 Å². The van der Waals surface area contributed by atoms with E-state index in [9.17, 15) is 16.8 Å². The quantitative estimate of drug-likeness (QED) is 0.868. The Morgan fingerprint density at radius 1 is 1.17 bits per heavy atom. The minimum atomic E-state index is -3.75. The molecular weight excluding hydrogens is 362 g/mol. The molecule has 1 unspecified atom stereocenters. The zero-order valence-corrected chi connectivity index (χ0v) is 14.3. The second kappa shape index (κ2) is 5.90. The second-order valence-corrected chi connectivity index (χ2v) is 9.76. The summed E-state index contributed by atoms with van der Waals surface area (Å²) in [6.45, 7) is 0.0746. The number of rotatable bonds is 4. The van der Waals surface area contributed by atoms with Gasteiger partial charge in [0.25, 0.3) is 10.0 Å². The first-order valence-corrected chi connectivity index (χ1v) is 10.2. The monoisotopic (exact) mass is 375 g/mol. The average molecular weight is 376 g/mol. The lowest BCUT2D eigenvalue weighted by atomic mass is 10.4. The molecule has 0 saturated carbocycles. The Bertz CT molecular complexity index is 893. The van der Waals surface area contributed by atoms with Gasteiger partial charge in [0, 0.05) is 18.1 Å². The van der Waals surface area contributed by atoms with Gasteiger partial charge in [-0.2, -0.15) is 4.31 Å². The molecule has 2 aromatic rings. The number of imidazole rings is 1. The van der Waals surface area contributed by atoms with E-state index in [1.54, 1.807) is 0 Å². The van der Waals surface area contributed by atoms with Crippen LogP contribution in [0.4, 0.5) is 0 Å². The van der Waals surface area contributed by atoms with E-state index in [1.807, 2.05) is 0 Å². The Balaban J connectivity index is 1.84. The molecule has 1 fully saturated rings. The van der Waals surface area contributed by atoms with E-state index in [0.717, 1.165) is 0 Å². The molecule has 1 aromatic heterocycles. The number of halogens is 1. The number of aromatic amines is 1. The maximum Gasteiger partial charge on any atom is 0.260 e. The van der Waals surface area contributed by atoms with Crippen LogP contribution in [0.2, 0.25) is 5.02 Å². The van der Waals surface area contributed by atoms with Crippen molar-refractivity contribution in [2.75, 3.05) is 13.1 Å². The van der Waals surface area contributed by atoms with Crippen LogP contribution in [0.1, 0.15) is 6.42 Å². The van der Waals surface area contributed by atoms with Crippen LogP contribution in [0, 0.1) is 0 Å². The third-order valence-electron chi connectivity index (χ3n) is 3.78. The van der Waals surface area contributed by atoms with Gasteiger partial charge >= 0.3 is 0 Å². The van der Waals surface area contributed by atoms with E-state index in [2.05, 4.69) is 9.97 Å². The number of sulfone groups is 1. The highest BCUT2D eigenvalue weighted by Gasteiger charge is 2.39. The summed E-state index contributed by atoms with van der Waals surface area (Å²) in [6.07, 6.45) is 2.72. The lowest BCUT2D eigenvalue weighted by molar-refractivity contribution is 0.474. The van der Waals surface area contributed by atoms with E-state index in [0.29, 0.717) is 5.02 Å². The molecule has 0 amide bonds. The molecule has 23 heavy (non-hydrogen) atoms. The van der Waals surface area contributed by atoms with E-state index < -0.39 is 25.1 Å². The van der Waals surface area contributed by atoms with Crippen molar-refractivity contribution in [2.24, 2.45) is 0 Å². The summed E-state index contributed by atoms with van der Waals surface area (Å²) in [4.78, 5) is 6.38. The SMILES string of the molecule is O=S(=O)(c1ccc(Cl)cc1)C1CCN(S(=O)(=O)c2cnc[nH]2)C1. The fourth-order valence-corrected chi connectivity index (χ4v) is 5.82. The summed E-state index contributed by atoms with van der Waals surface area (Å²) in [5, 5.41) is -0.373. The van der Waals surface area contributed by atoms with Crippen molar-refractivity contribution in [2.45, 2.75) is 21.6 Å². The molecule has 10 heteroatoms. The Kier molecular flexibility index (Phi) is 4.21. The minimum absolute atomic E-state index is 0.0398. The largest absolute Gasteiger partial charge is 0.335 e. The summed E-state index contributed by atoms with van der Waals surface area (Å²) in [5.74, 6) is 0. The number of hydrogen-bond acceptors (Lipinski definition) is 5. The smallest absolute Gasteiger partial charge is 0.260 e. The first-order valence-electron chi connectivity index (χ1n) is 6.80. The van der Waals surface area contributed by atoms with Crippen molar-refractivity contribution in [1.82, 2.24) is 14.3 Å². The van der Waals surface area contributed by atoms with Crippen molar-refractivity contribution >= 4 is 31.5 Å². The van der Waals surface area contributed by atoms with Gasteiger partial charge < -0.3 is 4.98 Å². The Morgan fingerprint density at radius 2 is 1.87 bits per heavy atom. The van der Waals surface area contributed by atoms with Crippen molar-refractivity contribution in [3.05, 3.63) is 41.8 Å². The predicted molar refractivity (Wildman–Crippen MR) is 84.4 cm³/mol. The molecule has 1 atom stereocenters. The van der Waals surface area contributed by atoms with Gasteiger partial charge in [0.15, 0.2) is 14.9 Å². The zero-order chi connectivity index (χ0) is 16.7. The molecular formula is C13H14ClN3O4S2. The number of benzene rings is 1. The molecule has 1 saturated heterocycles. The van der Waals surface area contributed by atoms with Crippen LogP contribution in [0.25, 0.3) is 0 Å². The fraction of sp³-hybridized carbons (Fsp3) is 0.308. The lowest BCUT2D eigenvalue weighted by Gasteiger charge is -2.15. The van der Waals surface area contributed by atoms with Crippen LogP contribution in [0.5, 0.6) is 0 Å². The highest BCUT2D eigenvalue weighted by molar-refractivity contribution is 7.92. The third kappa shape index (κ3) is 3.01. The van der Waals surface area contributed by atoms with Gasteiger partial charge in [-0.1, -0.05) is 11.6 Å². The van der Waals surface area contributed by atoms with E-state index in [1.165, 1.54) is 41.1 Å². The Morgan fingerprint density at radius 3 is 2.48 bits per heavy atom. The lowest BCUT2D eigenvalue weighted by Crippen LogP contribution is -2.32. The molecule has 0 aliphatic carbocycles. The average Bonchev–Trinajstić information content (AvgIpc) is 3.20. The first kappa shape index (κ1) is 16.4.